The minimum atomic E-state index is -0.453. The van der Waals surface area contributed by atoms with Crippen molar-refractivity contribution in [2.24, 2.45) is 0 Å². The van der Waals surface area contributed by atoms with Gasteiger partial charge in [-0.1, -0.05) is 6.92 Å². The number of nitrogens with zero attached hydrogens (tertiary/aromatic N) is 2. The van der Waals surface area contributed by atoms with E-state index in [4.69, 9.17) is 4.74 Å². The number of aromatic nitrogens is 1. The Balaban J connectivity index is 2.24. The fourth-order valence-electron chi connectivity index (χ4n) is 2.31. The van der Waals surface area contributed by atoms with Crippen molar-refractivity contribution < 1.29 is 9.84 Å². The molecule has 0 aliphatic carbocycles. The van der Waals surface area contributed by atoms with E-state index in [0.29, 0.717) is 6.04 Å². The molecule has 0 bridgehead atoms. The zero-order chi connectivity index (χ0) is 13.1. The van der Waals surface area contributed by atoms with E-state index in [0.717, 1.165) is 31.0 Å². The monoisotopic (exact) mass is 250 g/mol. The second kappa shape index (κ2) is 5.67. The number of hydrogen-bond donors (Lipinski definition) is 1. The van der Waals surface area contributed by atoms with Gasteiger partial charge in [0.15, 0.2) is 0 Å². The maximum Gasteiger partial charge on any atom is 0.129 e. The highest BCUT2D eigenvalue weighted by molar-refractivity contribution is 5.43. The molecule has 1 N–H and O–H groups in total. The number of pyridine rings is 1. The number of rotatable bonds is 3. The van der Waals surface area contributed by atoms with Crippen molar-refractivity contribution in [2.75, 3.05) is 18.1 Å². The number of ether oxygens (including phenoxy) is 1. The minimum absolute atomic E-state index is 0.227. The molecule has 0 aromatic carbocycles. The first-order valence-electron chi connectivity index (χ1n) is 6.64. The molecule has 0 spiro atoms. The third-order valence-corrected chi connectivity index (χ3v) is 3.49. The molecule has 1 aromatic heterocycles. The zero-order valence-corrected chi connectivity index (χ0v) is 11.3. The molecular formula is C14H22N2O2. The molecule has 1 aromatic rings. The SMILES string of the molecule is CCC1COC(C)CN1c1cc([C@@H](C)O)ccn1. The van der Waals surface area contributed by atoms with Gasteiger partial charge in [0.2, 0.25) is 0 Å². The van der Waals surface area contributed by atoms with Gasteiger partial charge in [0.1, 0.15) is 5.82 Å². The van der Waals surface area contributed by atoms with Crippen molar-refractivity contribution in [1.82, 2.24) is 4.98 Å². The van der Waals surface area contributed by atoms with E-state index in [1.54, 1.807) is 13.1 Å². The fraction of sp³-hybridized carbons (Fsp3) is 0.643. The number of anilines is 1. The first-order chi connectivity index (χ1) is 8.61. The summed E-state index contributed by atoms with van der Waals surface area (Å²) in [6, 6.07) is 4.21. The molecular weight excluding hydrogens is 228 g/mol. The van der Waals surface area contributed by atoms with Crippen molar-refractivity contribution in [2.45, 2.75) is 45.4 Å². The summed E-state index contributed by atoms with van der Waals surface area (Å²) >= 11 is 0. The summed E-state index contributed by atoms with van der Waals surface area (Å²) in [5.74, 6) is 0.940. The van der Waals surface area contributed by atoms with E-state index in [1.165, 1.54) is 0 Å². The van der Waals surface area contributed by atoms with Gasteiger partial charge in [-0.2, -0.15) is 0 Å². The smallest absolute Gasteiger partial charge is 0.129 e. The average molecular weight is 250 g/mol. The Bertz CT molecular complexity index is 395. The summed E-state index contributed by atoms with van der Waals surface area (Å²) in [6.07, 6.45) is 2.58. The molecule has 2 unspecified atom stereocenters. The number of hydrogen-bond acceptors (Lipinski definition) is 4. The first-order valence-corrected chi connectivity index (χ1v) is 6.64. The van der Waals surface area contributed by atoms with Gasteiger partial charge in [-0.15, -0.1) is 0 Å². The maximum atomic E-state index is 9.65. The Morgan fingerprint density at radius 2 is 2.39 bits per heavy atom. The van der Waals surface area contributed by atoms with Crippen LogP contribution in [0, 0.1) is 0 Å². The second-order valence-electron chi connectivity index (χ2n) is 4.98. The van der Waals surface area contributed by atoms with E-state index >= 15 is 0 Å². The Morgan fingerprint density at radius 1 is 1.61 bits per heavy atom. The Kier molecular flexibility index (Phi) is 4.19. The zero-order valence-electron chi connectivity index (χ0n) is 11.3. The van der Waals surface area contributed by atoms with Crippen LogP contribution in [0.3, 0.4) is 0 Å². The lowest BCUT2D eigenvalue weighted by Gasteiger charge is -2.39. The summed E-state index contributed by atoms with van der Waals surface area (Å²) < 4.78 is 5.69. The first kappa shape index (κ1) is 13.3. The predicted octanol–water partition coefficient (Wildman–Crippen LogP) is 2.14. The van der Waals surface area contributed by atoms with Gasteiger partial charge >= 0.3 is 0 Å². The Labute approximate surface area is 109 Å². The highest BCUT2D eigenvalue weighted by atomic mass is 16.5. The van der Waals surface area contributed by atoms with Crippen molar-refractivity contribution in [3.05, 3.63) is 23.9 Å². The van der Waals surface area contributed by atoms with E-state index in [1.807, 2.05) is 12.1 Å². The van der Waals surface area contributed by atoms with Crippen LogP contribution in [0.5, 0.6) is 0 Å². The van der Waals surface area contributed by atoms with Crippen LogP contribution in [0.4, 0.5) is 5.82 Å². The van der Waals surface area contributed by atoms with Gasteiger partial charge in [0.05, 0.1) is 24.9 Å². The molecule has 0 amide bonds. The molecule has 2 rings (SSSR count). The topological polar surface area (TPSA) is 45.6 Å². The lowest BCUT2D eigenvalue weighted by Crippen LogP contribution is -2.49. The van der Waals surface area contributed by atoms with E-state index < -0.39 is 6.10 Å². The van der Waals surface area contributed by atoms with Crippen LogP contribution < -0.4 is 4.90 Å². The summed E-state index contributed by atoms with van der Waals surface area (Å²) in [4.78, 5) is 6.73. The number of aliphatic hydroxyl groups excluding tert-OH is 1. The lowest BCUT2D eigenvalue weighted by atomic mass is 10.1. The summed E-state index contributed by atoms with van der Waals surface area (Å²) in [5, 5.41) is 9.65. The van der Waals surface area contributed by atoms with Crippen LogP contribution in [-0.2, 0) is 4.74 Å². The van der Waals surface area contributed by atoms with Crippen LogP contribution in [-0.4, -0.2) is 35.4 Å². The molecule has 100 valence electrons. The van der Waals surface area contributed by atoms with Gasteiger partial charge in [-0.3, -0.25) is 0 Å². The third kappa shape index (κ3) is 2.82. The van der Waals surface area contributed by atoms with E-state index in [2.05, 4.69) is 23.7 Å². The number of morpholine rings is 1. The molecule has 1 saturated heterocycles. The molecule has 1 aliphatic rings. The molecule has 0 saturated carbocycles. The van der Waals surface area contributed by atoms with Gasteiger partial charge in [-0.05, 0) is 38.0 Å². The van der Waals surface area contributed by atoms with Gasteiger partial charge in [0.25, 0.3) is 0 Å². The van der Waals surface area contributed by atoms with Gasteiger partial charge in [-0.25, -0.2) is 4.98 Å². The largest absolute Gasteiger partial charge is 0.389 e. The fourth-order valence-corrected chi connectivity index (χ4v) is 2.31. The highest BCUT2D eigenvalue weighted by Crippen LogP contribution is 2.24. The molecule has 3 atom stereocenters. The van der Waals surface area contributed by atoms with Gasteiger partial charge in [0, 0.05) is 12.7 Å². The van der Waals surface area contributed by atoms with Crippen LogP contribution in [0.1, 0.15) is 38.9 Å². The molecule has 1 fully saturated rings. The molecule has 18 heavy (non-hydrogen) atoms. The third-order valence-electron chi connectivity index (χ3n) is 3.49. The molecule has 4 heteroatoms. The standard InChI is InChI=1S/C14H22N2O2/c1-4-13-9-18-10(2)8-16(13)14-7-12(11(3)17)5-6-15-14/h5-7,10-11,13,17H,4,8-9H2,1-3H3/t10?,11-,13?/m1/s1. The van der Waals surface area contributed by atoms with Crippen molar-refractivity contribution in [3.8, 4) is 0 Å². The maximum absolute atomic E-state index is 9.65. The average Bonchev–Trinajstić information content (AvgIpc) is 2.39. The predicted molar refractivity (Wildman–Crippen MR) is 71.7 cm³/mol. The molecule has 2 heterocycles. The molecule has 4 nitrogen and oxygen atoms in total. The molecule has 1 aliphatic heterocycles. The van der Waals surface area contributed by atoms with Crippen molar-refractivity contribution in [3.63, 3.8) is 0 Å². The Morgan fingerprint density at radius 3 is 3.06 bits per heavy atom. The quantitative estimate of drug-likeness (QED) is 0.892. The van der Waals surface area contributed by atoms with Gasteiger partial charge < -0.3 is 14.7 Å². The highest BCUT2D eigenvalue weighted by Gasteiger charge is 2.26. The summed E-state index contributed by atoms with van der Waals surface area (Å²) in [7, 11) is 0. The van der Waals surface area contributed by atoms with E-state index in [9.17, 15) is 5.11 Å². The van der Waals surface area contributed by atoms with Crippen LogP contribution in [0.25, 0.3) is 0 Å². The van der Waals surface area contributed by atoms with Crippen LogP contribution >= 0.6 is 0 Å². The Hall–Kier alpha value is -1.13. The lowest BCUT2D eigenvalue weighted by molar-refractivity contribution is 0.0296. The minimum Gasteiger partial charge on any atom is -0.389 e. The number of aliphatic hydroxyl groups is 1. The molecule has 0 radical (unpaired) electrons. The van der Waals surface area contributed by atoms with Crippen molar-refractivity contribution in [1.29, 1.82) is 0 Å². The normalized spacial score (nSPS) is 26.1. The van der Waals surface area contributed by atoms with Crippen LogP contribution in [0.2, 0.25) is 0 Å². The van der Waals surface area contributed by atoms with Crippen LogP contribution in [0.15, 0.2) is 18.3 Å². The summed E-state index contributed by atoms with van der Waals surface area (Å²) in [6.45, 7) is 7.62. The van der Waals surface area contributed by atoms with Crippen molar-refractivity contribution >= 4 is 5.82 Å². The van der Waals surface area contributed by atoms with E-state index in [-0.39, 0.29) is 6.10 Å². The second-order valence-corrected chi connectivity index (χ2v) is 4.98. The summed E-state index contributed by atoms with van der Waals surface area (Å²) in [5.41, 5.74) is 0.911.